The summed E-state index contributed by atoms with van der Waals surface area (Å²) in [5.41, 5.74) is 7.13. The van der Waals surface area contributed by atoms with Crippen LogP contribution < -0.4 is 0 Å². The van der Waals surface area contributed by atoms with Gasteiger partial charge in [-0.1, -0.05) is 25.5 Å². The van der Waals surface area contributed by atoms with Gasteiger partial charge in [0.1, 0.15) is 11.6 Å². The van der Waals surface area contributed by atoms with Crippen molar-refractivity contribution in [1.29, 1.82) is 0 Å². The molecule has 0 bridgehead atoms. The van der Waals surface area contributed by atoms with E-state index in [1.807, 2.05) is 37.0 Å². The fourth-order valence-electron chi connectivity index (χ4n) is 3.86. The van der Waals surface area contributed by atoms with Crippen LogP contribution in [-0.4, -0.2) is 19.3 Å². The van der Waals surface area contributed by atoms with Crippen molar-refractivity contribution in [1.82, 2.24) is 19.3 Å². The Hall–Kier alpha value is -2.69. The topological polar surface area (TPSA) is 35.6 Å². The van der Waals surface area contributed by atoms with Crippen LogP contribution >= 0.6 is 0 Å². The first-order valence-electron chi connectivity index (χ1n) is 9.56. The van der Waals surface area contributed by atoms with Crippen molar-refractivity contribution in [3.63, 3.8) is 0 Å². The molecule has 0 N–H and O–H groups in total. The molecule has 0 spiro atoms. The second-order valence-electron chi connectivity index (χ2n) is 7.34. The number of halogens is 1. The normalized spacial score (nSPS) is 13.6. The predicted molar refractivity (Wildman–Crippen MR) is 107 cm³/mol. The number of allylic oxidation sites excluding steroid dienone is 1. The Kier molecular flexibility index (Phi) is 4.46. The van der Waals surface area contributed by atoms with Crippen molar-refractivity contribution < 1.29 is 4.39 Å². The molecule has 0 aliphatic heterocycles. The maximum Gasteiger partial charge on any atom is 0.144 e. The number of benzene rings is 1. The Morgan fingerprint density at radius 1 is 1.19 bits per heavy atom. The van der Waals surface area contributed by atoms with Crippen LogP contribution in [0.2, 0.25) is 0 Å². The molecule has 1 aliphatic rings. The van der Waals surface area contributed by atoms with Crippen molar-refractivity contribution in [2.45, 2.75) is 46.5 Å². The van der Waals surface area contributed by atoms with Crippen molar-refractivity contribution in [3.05, 3.63) is 58.4 Å². The van der Waals surface area contributed by atoms with Gasteiger partial charge in [0.15, 0.2) is 0 Å². The summed E-state index contributed by atoms with van der Waals surface area (Å²) in [6, 6.07) is 5.51. The van der Waals surface area contributed by atoms with Crippen LogP contribution in [0, 0.1) is 19.7 Å². The van der Waals surface area contributed by atoms with Gasteiger partial charge in [-0.15, -0.1) is 0 Å². The predicted octanol–water partition coefficient (Wildman–Crippen LogP) is 4.94. The molecule has 0 unspecified atom stereocenters. The number of aromatic nitrogens is 4. The van der Waals surface area contributed by atoms with E-state index < -0.39 is 0 Å². The molecule has 0 amide bonds. The van der Waals surface area contributed by atoms with E-state index in [0.29, 0.717) is 0 Å². The molecule has 0 atom stereocenters. The highest BCUT2D eigenvalue weighted by Crippen LogP contribution is 2.33. The molecule has 0 fully saturated rings. The van der Waals surface area contributed by atoms with Gasteiger partial charge in [0, 0.05) is 35.8 Å². The Bertz CT molecular complexity index is 1040. The van der Waals surface area contributed by atoms with E-state index in [2.05, 4.69) is 29.6 Å². The van der Waals surface area contributed by atoms with Crippen LogP contribution in [0.3, 0.4) is 0 Å². The summed E-state index contributed by atoms with van der Waals surface area (Å²) in [5, 5.41) is 4.52. The van der Waals surface area contributed by atoms with Gasteiger partial charge < -0.3 is 4.57 Å². The Labute approximate surface area is 159 Å². The lowest BCUT2D eigenvalue weighted by molar-refractivity contribution is 0.607. The van der Waals surface area contributed by atoms with Crippen LogP contribution in [0.4, 0.5) is 4.39 Å². The fourth-order valence-corrected chi connectivity index (χ4v) is 3.86. The van der Waals surface area contributed by atoms with E-state index >= 15 is 0 Å². The fraction of sp³-hybridized carbons (Fsp3) is 0.364. The minimum absolute atomic E-state index is 0.147. The van der Waals surface area contributed by atoms with Gasteiger partial charge in [-0.3, -0.25) is 4.68 Å². The maximum atomic E-state index is 14.5. The number of imidazole rings is 1. The summed E-state index contributed by atoms with van der Waals surface area (Å²) in [6.07, 6.45) is 7.72. The number of hydrogen-bond donors (Lipinski definition) is 0. The second-order valence-corrected chi connectivity index (χ2v) is 7.34. The van der Waals surface area contributed by atoms with Crippen molar-refractivity contribution in [3.8, 4) is 11.4 Å². The van der Waals surface area contributed by atoms with Crippen molar-refractivity contribution in [2.24, 2.45) is 7.05 Å². The first-order valence-corrected chi connectivity index (χ1v) is 9.56. The Morgan fingerprint density at radius 3 is 2.74 bits per heavy atom. The largest absolute Gasteiger partial charge is 0.301 e. The van der Waals surface area contributed by atoms with E-state index in [1.54, 1.807) is 6.07 Å². The molecule has 3 aromatic rings. The van der Waals surface area contributed by atoms with E-state index in [4.69, 9.17) is 4.98 Å². The SMILES string of the molecule is CCCc1ccc(-c2nc(C)c(C)n2C2=Cc3cn(C)nc3CC2)cc1F. The molecule has 140 valence electrons. The highest BCUT2D eigenvalue weighted by atomic mass is 19.1. The molecule has 4 nitrogen and oxygen atoms in total. The summed E-state index contributed by atoms with van der Waals surface area (Å²) in [7, 11) is 1.95. The molecule has 4 rings (SSSR count). The third kappa shape index (κ3) is 3.11. The maximum absolute atomic E-state index is 14.5. The van der Waals surface area contributed by atoms with Gasteiger partial charge in [0.05, 0.1) is 11.4 Å². The monoisotopic (exact) mass is 364 g/mol. The minimum atomic E-state index is -0.147. The van der Waals surface area contributed by atoms with E-state index in [9.17, 15) is 4.39 Å². The molecule has 27 heavy (non-hydrogen) atoms. The Balaban J connectivity index is 1.82. The summed E-state index contributed by atoms with van der Waals surface area (Å²) in [5.74, 6) is 0.664. The minimum Gasteiger partial charge on any atom is -0.301 e. The molecule has 5 heteroatoms. The third-order valence-corrected chi connectivity index (χ3v) is 5.34. The van der Waals surface area contributed by atoms with Gasteiger partial charge in [0.25, 0.3) is 0 Å². The van der Waals surface area contributed by atoms with Crippen LogP contribution in [0.25, 0.3) is 23.2 Å². The number of aryl methyl sites for hydroxylation is 4. The lowest BCUT2D eigenvalue weighted by atomic mass is 10.0. The summed E-state index contributed by atoms with van der Waals surface area (Å²) in [4.78, 5) is 4.77. The van der Waals surface area contributed by atoms with E-state index in [-0.39, 0.29) is 5.82 Å². The standard InChI is InChI=1S/C22H25FN4/c1-5-6-16-7-8-17(12-20(16)23)22-24-14(2)15(3)27(22)19-9-10-21-18(11-19)13-26(4)25-21/h7-8,11-13H,5-6,9-10H2,1-4H3. The summed E-state index contributed by atoms with van der Waals surface area (Å²) >= 11 is 0. The molecule has 2 heterocycles. The molecule has 0 saturated carbocycles. The smallest absolute Gasteiger partial charge is 0.144 e. The molecule has 0 radical (unpaired) electrons. The molecular weight excluding hydrogens is 339 g/mol. The molecule has 1 aromatic carbocycles. The molecule has 2 aromatic heterocycles. The van der Waals surface area contributed by atoms with Crippen LogP contribution in [0.5, 0.6) is 0 Å². The quantitative estimate of drug-likeness (QED) is 0.657. The van der Waals surface area contributed by atoms with Crippen LogP contribution in [0.1, 0.15) is 48.0 Å². The zero-order valence-corrected chi connectivity index (χ0v) is 16.4. The second kappa shape index (κ2) is 6.80. The number of nitrogens with zero attached hydrogens (tertiary/aromatic N) is 4. The summed E-state index contributed by atoms with van der Waals surface area (Å²) in [6.45, 7) is 6.15. The van der Waals surface area contributed by atoms with E-state index in [1.165, 1.54) is 5.70 Å². The number of hydrogen-bond acceptors (Lipinski definition) is 2. The molecule has 1 aliphatic carbocycles. The van der Waals surface area contributed by atoms with Crippen molar-refractivity contribution >= 4 is 11.8 Å². The van der Waals surface area contributed by atoms with Gasteiger partial charge in [-0.2, -0.15) is 5.10 Å². The zero-order chi connectivity index (χ0) is 19.1. The van der Waals surface area contributed by atoms with Gasteiger partial charge in [-0.25, -0.2) is 9.37 Å². The van der Waals surface area contributed by atoms with Gasteiger partial charge >= 0.3 is 0 Å². The number of rotatable bonds is 4. The third-order valence-electron chi connectivity index (χ3n) is 5.34. The highest BCUT2D eigenvalue weighted by molar-refractivity contribution is 5.78. The van der Waals surface area contributed by atoms with E-state index in [0.717, 1.165) is 65.3 Å². The lowest BCUT2D eigenvalue weighted by Gasteiger charge is -2.18. The zero-order valence-electron chi connectivity index (χ0n) is 16.4. The first kappa shape index (κ1) is 17.7. The van der Waals surface area contributed by atoms with Crippen LogP contribution in [0.15, 0.2) is 24.4 Å². The highest BCUT2D eigenvalue weighted by Gasteiger charge is 2.21. The Morgan fingerprint density at radius 2 is 2.00 bits per heavy atom. The number of fused-ring (bicyclic) bond motifs is 1. The van der Waals surface area contributed by atoms with Gasteiger partial charge in [-0.05, 0) is 50.8 Å². The average Bonchev–Trinajstić information content (AvgIpc) is 3.15. The molecular formula is C22H25FN4. The van der Waals surface area contributed by atoms with Crippen LogP contribution in [-0.2, 0) is 19.9 Å². The van der Waals surface area contributed by atoms with Crippen molar-refractivity contribution in [2.75, 3.05) is 0 Å². The lowest BCUT2D eigenvalue weighted by Crippen LogP contribution is -2.07. The van der Waals surface area contributed by atoms with Gasteiger partial charge in [0.2, 0.25) is 0 Å². The summed E-state index contributed by atoms with van der Waals surface area (Å²) < 4.78 is 18.6. The molecule has 0 saturated heterocycles. The average molecular weight is 364 g/mol. The first-order chi connectivity index (χ1) is 13.0.